The fraction of sp³-hybridized carbons (Fsp3) is 0.455. The quantitative estimate of drug-likeness (QED) is 0.837. The lowest BCUT2D eigenvalue weighted by molar-refractivity contribution is -0.0128. The van der Waals surface area contributed by atoms with E-state index in [4.69, 9.17) is 10.5 Å². The number of benzene rings is 1. The van der Waals surface area contributed by atoms with E-state index in [0.717, 1.165) is 5.56 Å². The van der Waals surface area contributed by atoms with Crippen molar-refractivity contribution in [1.82, 2.24) is 0 Å². The Bertz CT molecular complexity index is 339. The van der Waals surface area contributed by atoms with Crippen LogP contribution in [0.5, 0.6) is 5.75 Å². The number of ether oxygens (including phenoxy) is 1. The van der Waals surface area contributed by atoms with Crippen LogP contribution in [0.15, 0.2) is 18.2 Å². The maximum Gasteiger partial charge on any atom is 0.278 e. The Hall–Kier alpha value is -1.16. The molecule has 0 aromatic heterocycles. The smallest absolute Gasteiger partial charge is 0.278 e. The fourth-order valence-corrected chi connectivity index (χ4v) is 1.42. The topological polar surface area (TPSA) is 35.2 Å². The van der Waals surface area contributed by atoms with Crippen molar-refractivity contribution in [2.24, 2.45) is 5.73 Å². The monoisotopic (exact) mass is 215 g/mol. The Balaban J connectivity index is 3.12. The van der Waals surface area contributed by atoms with Gasteiger partial charge in [-0.15, -0.1) is 0 Å². The van der Waals surface area contributed by atoms with E-state index >= 15 is 0 Å². The minimum absolute atomic E-state index is 0.0516. The lowest BCUT2D eigenvalue weighted by atomic mass is 10.0. The SMILES string of the molecule is COc1cc(C)ccc1C(F)(F)CCN. The summed E-state index contributed by atoms with van der Waals surface area (Å²) in [7, 11) is 1.39. The molecule has 2 nitrogen and oxygen atoms in total. The third-order valence-electron chi connectivity index (χ3n) is 2.21. The normalized spacial score (nSPS) is 11.5. The van der Waals surface area contributed by atoms with Gasteiger partial charge in [0.1, 0.15) is 5.75 Å². The van der Waals surface area contributed by atoms with E-state index in [1.165, 1.54) is 13.2 Å². The molecule has 1 aromatic carbocycles. The van der Waals surface area contributed by atoms with Crippen LogP contribution in [0, 0.1) is 6.92 Å². The van der Waals surface area contributed by atoms with Crippen molar-refractivity contribution >= 4 is 0 Å². The molecule has 1 aromatic rings. The predicted molar refractivity (Wildman–Crippen MR) is 55.3 cm³/mol. The van der Waals surface area contributed by atoms with Crippen LogP contribution in [0.1, 0.15) is 17.5 Å². The molecule has 0 saturated carbocycles. The lowest BCUT2D eigenvalue weighted by Gasteiger charge is -2.18. The number of alkyl halides is 2. The largest absolute Gasteiger partial charge is 0.496 e. The summed E-state index contributed by atoms with van der Waals surface area (Å²) in [5.74, 6) is -2.71. The van der Waals surface area contributed by atoms with E-state index in [2.05, 4.69) is 0 Å². The van der Waals surface area contributed by atoms with Gasteiger partial charge in [0.25, 0.3) is 5.92 Å². The Labute approximate surface area is 88.0 Å². The number of rotatable bonds is 4. The van der Waals surface area contributed by atoms with E-state index in [0.29, 0.717) is 0 Å². The molecule has 84 valence electrons. The molecule has 0 spiro atoms. The van der Waals surface area contributed by atoms with Crippen LogP contribution in [0.25, 0.3) is 0 Å². The number of aryl methyl sites for hydroxylation is 1. The summed E-state index contributed by atoms with van der Waals surface area (Å²) in [5, 5.41) is 0. The molecule has 4 heteroatoms. The lowest BCUT2D eigenvalue weighted by Crippen LogP contribution is -2.19. The van der Waals surface area contributed by atoms with Crippen molar-refractivity contribution in [2.45, 2.75) is 19.3 Å². The highest BCUT2D eigenvalue weighted by molar-refractivity contribution is 5.39. The Kier molecular flexibility index (Phi) is 3.63. The van der Waals surface area contributed by atoms with Crippen molar-refractivity contribution in [3.8, 4) is 5.75 Å². The summed E-state index contributed by atoms with van der Waals surface area (Å²) in [6.07, 6.45) is -0.369. The average molecular weight is 215 g/mol. The van der Waals surface area contributed by atoms with Gasteiger partial charge in [0.05, 0.1) is 12.7 Å². The van der Waals surface area contributed by atoms with Crippen LogP contribution in [-0.2, 0) is 5.92 Å². The number of hydrogen-bond donors (Lipinski definition) is 1. The summed E-state index contributed by atoms with van der Waals surface area (Å²) < 4.78 is 32.1. The van der Waals surface area contributed by atoms with E-state index in [-0.39, 0.29) is 24.3 Å². The van der Waals surface area contributed by atoms with Gasteiger partial charge < -0.3 is 10.5 Å². The van der Waals surface area contributed by atoms with Crippen molar-refractivity contribution in [2.75, 3.05) is 13.7 Å². The van der Waals surface area contributed by atoms with E-state index in [1.54, 1.807) is 12.1 Å². The first-order valence-corrected chi connectivity index (χ1v) is 4.74. The number of hydrogen-bond acceptors (Lipinski definition) is 2. The predicted octanol–water partition coefficient (Wildman–Crippen LogP) is 2.44. The van der Waals surface area contributed by atoms with Crippen LogP contribution < -0.4 is 10.5 Å². The molecule has 0 saturated heterocycles. The van der Waals surface area contributed by atoms with Gasteiger partial charge in [-0.05, 0) is 31.2 Å². The van der Waals surface area contributed by atoms with Crippen molar-refractivity contribution in [3.63, 3.8) is 0 Å². The first-order chi connectivity index (χ1) is 7.01. The zero-order chi connectivity index (χ0) is 11.5. The molecule has 0 aliphatic rings. The zero-order valence-electron chi connectivity index (χ0n) is 8.89. The minimum Gasteiger partial charge on any atom is -0.496 e. The first-order valence-electron chi connectivity index (χ1n) is 4.74. The highest BCUT2D eigenvalue weighted by Gasteiger charge is 2.33. The van der Waals surface area contributed by atoms with Crippen molar-refractivity contribution in [1.29, 1.82) is 0 Å². The molecule has 15 heavy (non-hydrogen) atoms. The number of methoxy groups -OCH3 is 1. The first kappa shape index (κ1) is 11.9. The van der Waals surface area contributed by atoms with Gasteiger partial charge in [0, 0.05) is 6.42 Å². The third-order valence-corrected chi connectivity index (χ3v) is 2.21. The Morgan fingerprint density at radius 1 is 1.40 bits per heavy atom. The summed E-state index contributed by atoms with van der Waals surface area (Å²) in [6.45, 7) is 1.78. The third kappa shape index (κ3) is 2.65. The van der Waals surface area contributed by atoms with Crippen LogP contribution in [0.2, 0.25) is 0 Å². The second-order valence-electron chi connectivity index (χ2n) is 3.45. The summed E-state index contributed by atoms with van der Waals surface area (Å²) >= 11 is 0. The van der Waals surface area contributed by atoms with Gasteiger partial charge in [-0.2, -0.15) is 0 Å². The standard InChI is InChI=1S/C11H15F2NO/c1-8-3-4-9(10(7-8)15-2)11(12,13)5-6-14/h3-4,7H,5-6,14H2,1-2H3. The Morgan fingerprint density at radius 2 is 2.07 bits per heavy atom. The van der Waals surface area contributed by atoms with Crippen LogP contribution in [0.4, 0.5) is 8.78 Å². The highest BCUT2D eigenvalue weighted by Crippen LogP contribution is 2.37. The van der Waals surface area contributed by atoms with Gasteiger partial charge in [-0.25, -0.2) is 8.78 Å². The van der Waals surface area contributed by atoms with Gasteiger partial charge in [-0.1, -0.05) is 6.07 Å². The van der Waals surface area contributed by atoms with E-state index in [9.17, 15) is 8.78 Å². The van der Waals surface area contributed by atoms with Crippen molar-refractivity contribution in [3.05, 3.63) is 29.3 Å². The average Bonchev–Trinajstić information content (AvgIpc) is 2.17. The minimum atomic E-state index is -2.92. The van der Waals surface area contributed by atoms with E-state index in [1.807, 2.05) is 6.92 Å². The second-order valence-corrected chi connectivity index (χ2v) is 3.45. The molecule has 0 radical (unpaired) electrons. The molecular formula is C11H15F2NO. The molecule has 0 bridgehead atoms. The van der Waals surface area contributed by atoms with Gasteiger partial charge in [0.15, 0.2) is 0 Å². The van der Waals surface area contributed by atoms with Crippen LogP contribution >= 0.6 is 0 Å². The second kappa shape index (κ2) is 4.57. The highest BCUT2D eigenvalue weighted by atomic mass is 19.3. The molecule has 0 aliphatic carbocycles. The fourth-order valence-electron chi connectivity index (χ4n) is 1.42. The summed E-state index contributed by atoms with van der Waals surface area (Å²) in [4.78, 5) is 0. The van der Waals surface area contributed by atoms with Gasteiger partial charge >= 0.3 is 0 Å². The molecule has 0 atom stereocenters. The zero-order valence-corrected chi connectivity index (χ0v) is 8.89. The maximum atomic E-state index is 13.6. The summed E-state index contributed by atoms with van der Waals surface area (Å²) in [5.41, 5.74) is 5.94. The van der Waals surface area contributed by atoms with Gasteiger partial charge in [0.2, 0.25) is 0 Å². The molecule has 1 rings (SSSR count). The summed E-state index contributed by atoms with van der Waals surface area (Å²) in [6, 6.07) is 4.63. The molecule has 0 amide bonds. The number of nitrogens with two attached hydrogens (primary N) is 1. The molecule has 0 fully saturated rings. The molecular weight excluding hydrogens is 200 g/mol. The maximum absolute atomic E-state index is 13.6. The molecule has 0 heterocycles. The van der Waals surface area contributed by atoms with E-state index < -0.39 is 5.92 Å². The van der Waals surface area contributed by atoms with Gasteiger partial charge in [-0.3, -0.25) is 0 Å². The van der Waals surface area contributed by atoms with Crippen molar-refractivity contribution < 1.29 is 13.5 Å². The Morgan fingerprint density at radius 3 is 2.60 bits per heavy atom. The molecule has 0 unspecified atom stereocenters. The van der Waals surface area contributed by atoms with Crippen LogP contribution in [0.3, 0.4) is 0 Å². The molecule has 2 N–H and O–H groups in total. The van der Waals surface area contributed by atoms with Crippen LogP contribution in [-0.4, -0.2) is 13.7 Å². The number of halogens is 2. The molecule has 0 aliphatic heterocycles.